The highest BCUT2D eigenvalue weighted by Gasteiger charge is 2.15. The van der Waals surface area contributed by atoms with Crippen molar-refractivity contribution in [2.24, 2.45) is 0 Å². The second-order valence-electron chi connectivity index (χ2n) is 6.81. The monoisotopic (exact) mass is 382 g/mol. The van der Waals surface area contributed by atoms with E-state index in [9.17, 15) is 4.39 Å². The van der Waals surface area contributed by atoms with Crippen LogP contribution in [0.25, 0.3) is 5.69 Å². The smallest absolute Gasteiger partial charge is 0.222 e. The van der Waals surface area contributed by atoms with Crippen LogP contribution >= 0.6 is 0 Å². The molecule has 1 saturated heterocycles. The van der Waals surface area contributed by atoms with E-state index in [2.05, 4.69) is 25.7 Å². The lowest BCUT2D eigenvalue weighted by molar-refractivity contribution is 0.120. The molecule has 8 heteroatoms. The van der Waals surface area contributed by atoms with Crippen LogP contribution in [0, 0.1) is 5.82 Å². The van der Waals surface area contributed by atoms with Gasteiger partial charge in [-0.2, -0.15) is 5.10 Å². The minimum Gasteiger partial charge on any atom is -0.376 e. The maximum Gasteiger partial charge on any atom is 0.222 e. The Morgan fingerprint density at radius 3 is 2.79 bits per heavy atom. The fraction of sp³-hybridized carbons (Fsp3) is 0.350. The topological polar surface area (TPSA) is 76.9 Å². The van der Waals surface area contributed by atoms with Crippen molar-refractivity contribution in [3.05, 3.63) is 66.0 Å². The van der Waals surface area contributed by atoms with Gasteiger partial charge in [-0.05, 0) is 31.0 Å². The number of halogens is 1. The van der Waals surface area contributed by atoms with Crippen molar-refractivity contribution >= 4 is 5.95 Å². The number of nitrogens with one attached hydrogen (secondary N) is 2. The molecule has 1 aromatic carbocycles. The molecule has 1 aliphatic rings. The largest absolute Gasteiger partial charge is 0.376 e. The van der Waals surface area contributed by atoms with Gasteiger partial charge >= 0.3 is 0 Å². The van der Waals surface area contributed by atoms with Crippen LogP contribution in [0.3, 0.4) is 0 Å². The highest BCUT2D eigenvalue weighted by Crippen LogP contribution is 2.12. The second kappa shape index (κ2) is 8.90. The average Bonchev–Trinajstić information content (AvgIpc) is 3.40. The van der Waals surface area contributed by atoms with E-state index in [0.717, 1.165) is 37.1 Å². The third-order valence-electron chi connectivity index (χ3n) is 4.58. The summed E-state index contributed by atoms with van der Waals surface area (Å²) in [5.74, 6) is 0.344. The van der Waals surface area contributed by atoms with E-state index in [1.165, 1.54) is 12.1 Å². The Morgan fingerprint density at radius 2 is 2.00 bits per heavy atom. The molecule has 0 radical (unpaired) electrons. The Hall–Kier alpha value is -2.84. The van der Waals surface area contributed by atoms with Gasteiger partial charge in [0.1, 0.15) is 5.82 Å². The summed E-state index contributed by atoms with van der Waals surface area (Å²) in [6.07, 6.45) is 9.76. The van der Waals surface area contributed by atoms with E-state index in [-0.39, 0.29) is 11.9 Å². The normalized spacial score (nSPS) is 16.4. The van der Waals surface area contributed by atoms with Crippen molar-refractivity contribution in [2.45, 2.75) is 32.0 Å². The van der Waals surface area contributed by atoms with Gasteiger partial charge in [-0.25, -0.2) is 19.0 Å². The minimum absolute atomic E-state index is 0.262. The van der Waals surface area contributed by atoms with Crippen LogP contribution in [0.4, 0.5) is 10.3 Å². The van der Waals surface area contributed by atoms with Crippen LogP contribution in [-0.2, 0) is 17.8 Å². The number of hydrogen-bond acceptors (Lipinski definition) is 6. The molecule has 1 unspecified atom stereocenters. The highest BCUT2D eigenvalue weighted by atomic mass is 19.1. The molecule has 3 heterocycles. The van der Waals surface area contributed by atoms with E-state index in [0.29, 0.717) is 24.7 Å². The molecule has 0 saturated carbocycles. The van der Waals surface area contributed by atoms with Crippen molar-refractivity contribution in [2.75, 3.05) is 18.5 Å². The van der Waals surface area contributed by atoms with E-state index >= 15 is 0 Å². The maximum atomic E-state index is 13.3. The zero-order chi connectivity index (χ0) is 19.2. The van der Waals surface area contributed by atoms with Crippen molar-refractivity contribution in [3.63, 3.8) is 0 Å². The van der Waals surface area contributed by atoms with Gasteiger partial charge < -0.3 is 15.4 Å². The van der Waals surface area contributed by atoms with Crippen LogP contribution in [0.2, 0.25) is 0 Å². The molecule has 0 bridgehead atoms. The standard InChI is InChI=1S/C20H23FN6O/c21-17-3-1-4-18(7-17)27-14-16(12-26-27)9-22-8-15-10-23-20(24-11-15)25-13-19-5-2-6-28-19/h1,3-4,7,10-12,14,19,22H,2,5-6,8-9,13H2,(H,23,24,25). The number of aromatic nitrogens is 4. The van der Waals surface area contributed by atoms with E-state index in [4.69, 9.17) is 4.74 Å². The van der Waals surface area contributed by atoms with Crippen LogP contribution in [0.1, 0.15) is 24.0 Å². The van der Waals surface area contributed by atoms with Crippen LogP contribution < -0.4 is 10.6 Å². The first-order valence-corrected chi connectivity index (χ1v) is 9.43. The van der Waals surface area contributed by atoms with Gasteiger partial charge in [0.15, 0.2) is 0 Å². The summed E-state index contributed by atoms with van der Waals surface area (Å²) in [5.41, 5.74) is 2.71. The van der Waals surface area contributed by atoms with Crippen LogP contribution in [0.5, 0.6) is 0 Å². The fourth-order valence-corrected chi connectivity index (χ4v) is 3.11. The average molecular weight is 382 g/mol. The predicted octanol–water partition coefficient (Wildman–Crippen LogP) is 2.68. The molecule has 0 aliphatic carbocycles. The van der Waals surface area contributed by atoms with E-state index < -0.39 is 0 Å². The molecule has 4 rings (SSSR count). The summed E-state index contributed by atoms with van der Waals surface area (Å²) in [6, 6.07) is 6.36. The fourth-order valence-electron chi connectivity index (χ4n) is 3.11. The van der Waals surface area contributed by atoms with Crippen molar-refractivity contribution in [1.29, 1.82) is 0 Å². The predicted molar refractivity (Wildman–Crippen MR) is 104 cm³/mol. The molecule has 2 N–H and O–H groups in total. The summed E-state index contributed by atoms with van der Waals surface area (Å²) < 4.78 is 20.6. The number of ether oxygens (including phenoxy) is 1. The Morgan fingerprint density at radius 1 is 1.14 bits per heavy atom. The number of benzene rings is 1. The first-order chi connectivity index (χ1) is 13.8. The molecule has 2 aromatic heterocycles. The van der Waals surface area contributed by atoms with E-state index in [1.54, 1.807) is 16.9 Å². The molecule has 3 aromatic rings. The first kappa shape index (κ1) is 18.5. The number of nitrogens with zero attached hydrogens (tertiary/aromatic N) is 4. The third-order valence-corrected chi connectivity index (χ3v) is 4.58. The second-order valence-corrected chi connectivity index (χ2v) is 6.81. The molecule has 146 valence electrons. The molecule has 1 atom stereocenters. The summed E-state index contributed by atoms with van der Waals surface area (Å²) in [5, 5.41) is 10.8. The Bertz CT molecular complexity index is 892. The van der Waals surface area contributed by atoms with Gasteiger partial charge in [-0.3, -0.25) is 0 Å². The molecular weight excluding hydrogens is 359 g/mol. The highest BCUT2D eigenvalue weighted by molar-refractivity contribution is 5.31. The molecule has 0 amide bonds. The molecular formula is C20H23FN6O. The number of hydrogen-bond donors (Lipinski definition) is 2. The van der Waals surface area contributed by atoms with Crippen molar-refractivity contribution in [3.8, 4) is 5.69 Å². The lowest BCUT2D eigenvalue weighted by atomic mass is 10.2. The zero-order valence-electron chi connectivity index (χ0n) is 15.5. The van der Waals surface area contributed by atoms with Crippen LogP contribution in [-0.4, -0.2) is 39.0 Å². The lowest BCUT2D eigenvalue weighted by Gasteiger charge is -2.10. The van der Waals surface area contributed by atoms with Gasteiger partial charge in [-0.15, -0.1) is 0 Å². The van der Waals surface area contributed by atoms with Crippen molar-refractivity contribution < 1.29 is 9.13 Å². The molecule has 1 aliphatic heterocycles. The third kappa shape index (κ3) is 4.90. The van der Waals surface area contributed by atoms with E-state index in [1.807, 2.05) is 24.7 Å². The molecule has 28 heavy (non-hydrogen) atoms. The number of anilines is 1. The summed E-state index contributed by atoms with van der Waals surface area (Å²) >= 11 is 0. The summed E-state index contributed by atoms with van der Waals surface area (Å²) in [7, 11) is 0. The van der Waals surface area contributed by atoms with Gasteiger partial charge in [0, 0.05) is 56.0 Å². The lowest BCUT2D eigenvalue weighted by Crippen LogP contribution is -2.19. The maximum absolute atomic E-state index is 13.3. The SMILES string of the molecule is Fc1cccc(-n2cc(CNCc3cnc(NCC4CCCO4)nc3)cn2)c1. The Balaban J connectivity index is 1.24. The zero-order valence-corrected chi connectivity index (χ0v) is 15.5. The van der Waals surface area contributed by atoms with Gasteiger partial charge in [-0.1, -0.05) is 6.07 Å². The quantitative estimate of drug-likeness (QED) is 0.624. The van der Waals surface area contributed by atoms with Gasteiger partial charge in [0.2, 0.25) is 5.95 Å². The minimum atomic E-state index is -0.277. The Kier molecular flexibility index (Phi) is 5.89. The molecule has 0 spiro atoms. The van der Waals surface area contributed by atoms with Crippen molar-refractivity contribution in [1.82, 2.24) is 25.1 Å². The van der Waals surface area contributed by atoms with Gasteiger partial charge in [0.05, 0.1) is 18.0 Å². The summed E-state index contributed by atoms with van der Waals surface area (Å²) in [6.45, 7) is 2.89. The molecule has 1 fully saturated rings. The Labute approximate surface area is 163 Å². The summed E-state index contributed by atoms with van der Waals surface area (Å²) in [4.78, 5) is 8.70. The first-order valence-electron chi connectivity index (χ1n) is 9.43. The molecule has 7 nitrogen and oxygen atoms in total. The number of rotatable bonds is 8. The van der Waals surface area contributed by atoms with Crippen LogP contribution in [0.15, 0.2) is 49.1 Å². The van der Waals surface area contributed by atoms with Gasteiger partial charge in [0.25, 0.3) is 0 Å².